The number of aromatic carboxylic acids is 1. The van der Waals surface area contributed by atoms with E-state index in [4.69, 9.17) is 9.47 Å². The van der Waals surface area contributed by atoms with Crippen molar-refractivity contribution < 1.29 is 43.6 Å². The molecular weight excluding hydrogens is 610 g/mol. The van der Waals surface area contributed by atoms with Gasteiger partial charge in [0.25, 0.3) is 5.91 Å². The summed E-state index contributed by atoms with van der Waals surface area (Å²) in [6, 6.07) is 26.1. The molecular formula is C35H29NO9S. The normalized spacial score (nSPS) is 18.9. The van der Waals surface area contributed by atoms with Crippen LogP contribution in [0.15, 0.2) is 95.9 Å². The highest BCUT2D eigenvalue weighted by Crippen LogP contribution is 2.39. The van der Waals surface area contributed by atoms with Crippen LogP contribution in [0.3, 0.4) is 0 Å². The summed E-state index contributed by atoms with van der Waals surface area (Å²) in [5, 5.41) is 21.5. The maximum absolute atomic E-state index is 12.7. The summed E-state index contributed by atoms with van der Waals surface area (Å²) in [5.41, 5.74) is 4.09. The van der Waals surface area contributed by atoms with Crippen molar-refractivity contribution in [3.8, 4) is 0 Å². The summed E-state index contributed by atoms with van der Waals surface area (Å²) >= 11 is 1.58. The van der Waals surface area contributed by atoms with E-state index >= 15 is 0 Å². The Labute approximate surface area is 268 Å². The minimum absolute atomic E-state index is 0.0484. The van der Waals surface area contributed by atoms with Crippen LogP contribution >= 0.6 is 11.8 Å². The van der Waals surface area contributed by atoms with Gasteiger partial charge in [0.2, 0.25) is 0 Å². The molecule has 0 radical (unpaired) electrons. The van der Waals surface area contributed by atoms with Gasteiger partial charge >= 0.3 is 17.9 Å². The molecule has 2 aliphatic rings. The van der Waals surface area contributed by atoms with E-state index < -0.39 is 30.1 Å². The Balaban J connectivity index is 1.12. The molecule has 1 amide bonds. The third-order valence-corrected chi connectivity index (χ3v) is 8.91. The fourth-order valence-electron chi connectivity index (χ4n) is 5.21. The van der Waals surface area contributed by atoms with Crippen LogP contribution < -0.4 is 5.32 Å². The molecule has 4 aromatic carbocycles. The molecule has 46 heavy (non-hydrogen) atoms. The molecule has 2 heterocycles. The van der Waals surface area contributed by atoms with E-state index in [0.29, 0.717) is 12.2 Å². The van der Waals surface area contributed by atoms with E-state index in [-0.39, 0.29) is 47.6 Å². The van der Waals surface area contributed by atoms with E-state index in [0.717, 1.165) is 27.1 Å². The predicted octanol–water partition coefficient (Wildman–Crippen LogP) is 5.46. The van der Waals surface area contributed by atoms with Crippen LogP contribution in [0.4, 0.5) is 0 Å². The second kappa shape index (κ2) is 13.7. The van der Waals surface area contributed by atoms with Crippen LogP contribution in [0, 0.1) is 0 Å². The number of aliphatic hydroxyl groups excluding tert-OH is 1. The number of rotatable bonds is 10. The molecule has 11 heteroatoms. The summed E-state index contributed by atoms with van der Waals surface area (Å²) in [7, 11) is 0. The van der Waals surface area contributed by atoms with Gasteiger partial charge in [-0.2, -0.15) is 0 Å². The number of ether oxygens (including phenoxy) is 3. The van der Waals surface area contributed by atoms with Crippen LogP contribution in [0.2, 0.25) is 0 Å². The van der Waals surface area contributed by atoms with Crippen molar-refractivity contribution in [1.82, 2.24) is 5.32 Å². The molecule has 3 atom stereocenters. The van der Waals surface area contributed by atoms with Gasteiger partial charge in [0.1, 0.15) is 0 Å². The molecule has 10 nitrogen and oxygen atoms in total. The first-order valence-electron chi connectivity index (χ1n) is 14.5. The Morgan fingerprint density at radius 3 is 2.13 bits per heavy atom. The molecule has 1 fully saturated rings. The molecule has 1 saturated heterocycles. The molecule has 0 saturated carbocycles. The van der Waals surface area contributed by atoms with Crippen molar-refractivity contribution in [2.45, 2.75) is 43.0 Å². The first kappa shape index (κ1) is 31.2. The van der Waals surface area contributed by atoms with Gasteiger partial charge in [-0.15, -0.1) is 11.8 Å². The third-order valence-electron chi connectivity index (χ3n) is 7.76. The van der Waals surface area contributed by atoms with Crippen molar-refractivity contribution in [1.29, 1.82) is 0 Å². The highest BCUT2D eigenvalue weighted by molar-refractivity contribution is 7.99. The lowest BCUT2D eigenvalue weighted by molar-refractivity contribution is -0.245. The second-order valence-electron chi connectivity index (χ2n) is 10.9. The minimum atomic E-state index is -0.971. The number of hydrogen-bond acceptors (Lipinski definition) is 9. The number of fused-ring (bicyclic) bond motifs is 1. The maximum atomic E-state index is 12.7. The second-order valence-corrected chi connectivity index (χ2v) is 11.9. The van der Waals surface area contributed by atoms with Gasteiger partial charge in [0.15, 0.2) is 6.29 Å². The minimum Gasteiger partial charge on any atom is -0.478 e. The molecule has 0 spiro atoms. The lowest BCUT2D eigenvalue weighted by Crippen LogP contribution is -2.31. The van der Waals surface area contributed by atoms with Gasteiger partial charge in [-0.05, 0) is 59.2 Å². The number of amides is 1. The molecule has 234 valence electrons. The van der Waals surface area contributed by atoms with Crippen LogP contribution in [0.1, 0.15) is 82.5 Å². The summed E-state index contributed by atoms with van der Waals surface area (Å²) in [4.78, 5) is 48.4. The first-order valence-corrected chi connectivity index (χ1v) is 15.5. The summed E-state index contributed by atoms with van der Waals surface area (Å²) in [6.45, 7) is 0.180. The molecule has 3 N–H and O–H groups in total. The van der Waals surface area contributed by atoms with Crippen molar-refractivity contribution in [3.63, 3.8) is 0 Å². The van der Waals surface area contributed by atoms with E-state index in [1.165, 1.54) is 18.2 Å². The highest BCUT2D eigenvalue weighted by atomic mass is 32.2. The van der Waals surface area contributed by atoms with Crippen LogP contribution in [0.5, 0.6) is 0 Å². The topological polar surface area (TPSA) is 148 Å². The molecule has 6 rings (SSSR count). The average molecular weight is 640 g/mol. The fourth-order valence-corrected chi connectivity index (χ4v) is 6.13. The van der Waals surface area contributed by atoms with Gasteiger partial charge in [-0.25, -0.2) is 14.4 Å². The largest absolute Gasteiger partial charge is 0.478 e. The molecule has 2 aliphatic heterocycles. The number of cyclic esters (lactones) is 2. The third kappa shape index (κ3) is 7.03. The summed E-state index contributed by atoms with van der Waals surface area (Å²) in [5.74, 6) is -2.23. The van der Waals surface area contributed by atoms with E-state index in [9.17, 15) is 29.4 Å². The molecule has 4 aromatic rings. The number of carbonyl (C=O) groups is 4. The van der Waals surface area contributed by atoms with E-state index in [1.54, 1.807) is 36.0 Å². The average Bonchev–Trinajstić information content (AvgIpc) is 3.38. The van der Waals surface area contributed by atoms with Gasteiger partial charge in [-0.3, -0.25) is 4.79 Å². The Bertz CT molecular complexity index is 1770. The summed E-state index contributed by atoms with van der Waals surface area (Å²) in [6.07, 6.45) is -0.489. The monoisotopic (exact) mass is 639 g/mol. The van der Waals surface area contributed by atoms with E-state index in [2.05, 4.69) is 10.1 Å². The Hall–Kier alpha value is -4.81. The summed E-state index contributed by atoms with van der Waals surface area (Å²) < 4.78 is 17.4. The number of carboxylic acid groups (broad SMARTS) is 1. The van der Waals surface area contributed by atoms with Gasteiger partial charge < -0.3 is 29.7 Å². The zero-order valence-corrected chi connectivity index (χ0v) is 25.2. The molecule has 0 aliphatic carbocycles. The molecule has 0 aromatic heterocycles. The zero-order valence-electron chi connectivity index (χ0n) is 24.4. The molecule has 3 unspecified atom stereocenters. The van der Waals surface area contributed by atoms with Gasteiger partial charge in [-0.1, -0.05) is 48.5 Å². The number of carbonyl (C=O) groups excluding carboxylic acids is 3. The van der Waals surface area contributed by atoms with E-state index in [1.807, 2.05) is 48.5 Å². The number of hydrogen-bond donors (Lipinski definition) is 3. The van der Waals surface area contributed by atoms with Crippen LogP contribution in [0.25, 0.3) is 0 Å². The van der Waals surface area contributed by atoms with Crippen molar-refractivity contribution in [2.24, 2.45) is 0 Å². The molecule has 0 bridgehead atoms. The van der Waals surface area contributed by atoms with Crippen molar-refractivity contribution >= 4 is 35.6 Å². The quantitative estimate of drug-likeness (QED) is 0.116. The Kier molecular flexibility index (Phi) is 9.27. The number of benzene rings is 4. The number of esters is 2. The zero-order chi connectivity index (χ0) is 32.2. The highest BCUT2D eigenvalue weighted by Gasteiger charge is 2.33. The number of nitrogens with one attached hydrogen (secondary N) is 1. The van der Waals surface area contributed by atoms with Crippen molar-refractivity contribution in [3.05, 3.63) is 136 Å². The van der Waals surface area contributed by atoms with Gasteiger partial charge in [0, 0.05) is 34.7 Å². The predicted molar refractivity (Wildman–Crippen MR) is 166 cm³/mol. The standard InChI is InChI=1S/C35H29NO9S/c37-18-21-3-5-22(6-4-21)30-16-26(19-46-27-12-9-23(10-13-27)32(39)40)43-35(44-30)24-7-1-20(2-8-24)17-36-31(38)25-11-14-28-29(15-25)34(42)45-33(28)41/h1-15,26,30,35,37H,16-19H2,(H,36,38)(H,39,40). The lowest BCUT2D eigenvalue weighted by atomic mass is 10.0. The Morgan fingerprint density at radius 2 is 1.43 bits per heavy atom. The van der Waals surface area contributed by atoms with Gasteiger partial charge in [0.05, 0.1) is 35.5 Å². The number of aliphatic hydroxyl groups is 1. The van der Waals surface area contributed by atoms with Crippen molar-refractivity contribution in [2.75, 3.05) is 5.75 Å². The van der Waals surface area contributed by atoms with Crippen LogP contribution in [-0.4, -0.2) is 45.9 Å². The smallest absolute Gasteiger partial charge is 0.346 e. The number of thioether (sulfide) groups is 1. The maximum Gasteiger partial charge on any atom is 0.346 e. The van der Waals surface area contributed by atoms with Crippen LogP contribution in [-0.2, 0) is 27.4 Å². The lowest BCUT2D eigenvalue weighted by Gasteiger charge is -2.36. The SMILES string of the molecule is O=C(O)c1ccc(SCC2CC(c3ccc(CO)cc3)OC(c3ccc(CNC(=O)c4ccc5c(c4)C(=O)OC5=O)cc3)O2)cc1. The first-order chi connectivity index (χ1) is 22.3. The Morgan fingerprint density at radius 1 is 0.783 bits per heavy atom. The fraction of sp³-hybridized carbons (Fsp3) is 0.200. The number of carboxylic acids is 1.